The maximum absolute atomic E-state index is 12.2. The number of carbonyl (C=O) groups excluding carboxylic acids is 1. The van der Waals surface area contributed by atoms with Crippen molar-refractivity contribution in [3.8, 4) is 11.6 Å². The maximum Gasteiger partial charge on any atom is 0.251 e. The number of amides is 1. The van der Waals surface area contributed by atoms with Crippen molar-refractivity contribution < 1.29 is 19.0 Å². The molecule has 3 rings (SSSR count). The molecule has 0 aliphatic carbocycles. The molecular weight excluding hydrogens is 360 g/mol. The van der Waals surface area contributed by atoms with E-state index in [0.29, 0.717) is 50.2 Å². The number of aryl methyl sites for hydroxylation is 1. The molecule has 1 amide bonds. The standard InChI is InChI=1S/C20H26N4O4/c1-3-27-17-6-4-16(5-7-17)20(25)21-8-11-28-19-14-18(22-15(2)23-19)24-9-12-26-13-10-24/h4-7,14H,3,8-13H2,1-2H3,(H,21,25). The van der Waals surface area contributed by atoms with Crippen LogP contribution < -0.4 is 19.7 Å². The van der Waals surface area contributed by atoms with Gasteiger partial charge in [0.25, 0.3) is 5.91 Å². The topological polar surface area (TPSA) is 85.8 Å². The van der Waals surface area contributed by atoms with Gasteiger partial charge in [0.1, 0.15) is 24.0 Å². The second-order valence-electron chi connectivity index (χ2n) is 6.27. The van der Waals surface area contributed by atoms with Crippen LogP contribution >= 0.6 is 0 Å². The summed E-state index contributed by atoms with van der Waals surface area (Å²) in [6, 6.07) is 8.87. The molecule has 1 fully saturated rings. The Kier molecular flexibility index (Phi) is 7.02. The minimum Gasteiger partial charge on any atom is -0.494 e. The Labute approximate surface area is 164 Å². The van der Waals surface area contributed by atoms with Crippen molar-refractivity contribution in [3.63, 3.8) is 0 Å². The number of rotatable bonds is 8. The van der Waals surface area contributed by atoms with Crippen LogP contribution in [0.1, 0.15) is 23.1 Å². The van der Waals surface area contributed by atoms with Gasteiger partial charge in [-0.2, -0.15) is 4.98 Å². The summed E-state index contributed by atoms with van der Waals surface area (Å²) >= 11 is 0. The lowest BCUT2D eigenvalue weighted by Gasteiger charge is -2.28. The first-order valence-electron chi connectivity index (χ1n) is 9.48. The van der Waals surface area contributed by atoms with Crippen LogP contribution in [0.3, 0.4) is 0 Å². The largest absolute Gasteiger partial charge is 0.494 e. The summed E-state index contributed by atoms with van der Waals surface area (Å²) in [5, 5.41) is 2.84. The molecule has 0 radical (unpaired) electrons. The number of anilines is 1. The van der Waals surface area contributed by atoms with Crippen molar-refractivity contribution in [1.82, 2.24) is 15.3 Å². The summed E-state index contributed by atoms with van der Waals surface area (Å²) in [5.74, 6) is 2.59. The minimum absolute atomic E-state index is 0.153. The van der Waals surface area contributed by atoms with Crippen molar-refractivity contribution in [2.45, 2.75) is 13.8 Å². The Hall–Kier alpha value is -2.87. The molecule has 1 N–H and O–H groups in total. The molecule has 2 heterocycles. The number of nitrogens with zero attached hydrogens (tertiary/aromatic N) is 3. The Morgan fingerprint density at radius 3 is 2.64 bits per heavy atom. The average Bonchev–Trinajstić information content (AvgIpc) is 2.72. The number of morpholine rings is 1. The van der Waals surface area contributed by atoms with E-state index < -0.39 is 0 Å². The third kappa shape index (κ3) is 5.56. The summed E-state index contributed by atoms with van der Waals surface area (Å²) in [5.41, 5.74) is 0.580. The van der Waals surface area contributed by atoms with E-state index in [2.05, 4.69) is 20.2 Å². The van der Waals surface area contributed by atoms with Crippen molar-refractivity contribution in [2.75, 3.05) is 51.0 Å². The van der Waals surface area contributed by atoms with E-state index in [-0.39, 0.29) is 5.91 Å². The van der Waals surface area contributed by atoms with Gasteiger partial charge in [-0.3, -0.25) is 4.79 Å². The van der Waals surface area contributed by atoms with Crippen molar-refractivity contribution in [1.29, 1.82) is 0 Å². The Bertz CT molecular complexity index is 776. The zero-order chi connectivity index (χ0) is 19.8. The molecule has 1 aromatic heterocycles. The van der Waals surface area contributed by atoms with Crippen molar-refractivity contribution in [3.05, 3.63) is 41.7 Å². The summed E-state index contributed by atoms with van der Waals surface area (Å²) < 4.78 is 16.5. The fourth-order valence-electron chi connectivity index (χ4n) is 2.85. The van der Waals surface area contributed by atoms with Crippen LogP contribution in [-0.2, 0) is 4.74 Å². The van der Waals surface area contributed by atoms with Crippen LogP contribution in [0.25, 0.3) is 0 Å². The van der Waals surface area contributed by atoms with E-state index in [1.807, 2.05) is 19.9 Å². The highest BCUT2D eigenvalue weighted by Gasteiger charge is 2.14. The summed E-state index contributed by atoms with van der Waals surface area (Å²) in [7, 11) is 0. The van der Waals surface area contributed by atoms with E-state index in [9.17, 15) is 4.79 Å². The molecule has 8 heteroatoms. The third-order valence-electron chi connectivity index (χ3n) is 4.20. The minimum atomic E-state index is -0.153. The molecule has 0 saturated carbocycles. The molecule has 1 aromatic carbocycles. The number of hydrogen-bond acceptors (Lipinski definition) is 7. The van der Waals surface area contributed by atoms with Crippen molar-refractivity contribution >= 4 is 11.7 Å². The average molecular weight is 386 g/mol. The quantitative estimate of drug-likeness (QED) is 0.693. The SMILES string of the molecule is CCOc1ccc(C(=O)NCCOc2cc(N3CCOCC3)nc(C)n2)cc1. The fourth-order valence-corrected chi connectivity index (χ4v) is 2.85. The van der Waals surface area contributed by atoms with Gasteiger partial charge in [0.2, 0.25) is 5.88 Å². The highest BCUT2D eigenvalue weighted by molar-refractivity contribution is 5.94. The predicted octanol–water partition coefficient (Wildman–Crippen LogP) is 1.83. The van der Waals surface area contributed by atoms with E-state index in [1.165, 1.54) is 0 Å². The molecule has 150 valence electrons. The van der Waals surface area contributed by atoms with Gasteiger partial charge in [-0.05, 0) is 38.1 Å². The van der Waals surface area contributed by atoms with Crippen LogP contribution in [-0.4, -0.2) is 61.9 Å². The second kappa shape index (κ2) is 9.89. The monoisotopic (exact) mass is 386 g/mol. The van der Waals surface area contributed by atoms with E-state index in [1.54, 1.807) is 24.3 Å². The molecule has 0 atom stereocenters. The number of carbonyl (C=O) groups is 1. The van der Waals surface area contributed by atoms with Crippen LogP contribution in [0.2, 0.25) is 0 Å². The number of ether oxygens (including phenoxy) is 3. The number of hydrogen-bond donors (Lipinski definition) is 1. The van der Waals surface area contributed by atoms with Crippen LogP contribution in [0, 0.1) is 6.92 Å². The summed E-state index contributed by atoms with van der Waals surface area (Å²) in [6.07, 6.45) is 0. The number of aromatic nitrogens is 2. The maximum atomic E-state index is 12.2. The van der Waals surface area contributed by atoms with Gasteiger partial charge in [-0.1, -0.05) is 0 Å². The van der Waals surface area contributed by atoms with Gasteiger partial charge >= 0.3 is 0 Å². The molecule has 1 saturated heterocycles. The molecule has 0 spiro atoms. The van der Waals surface area contributed by atoms with E-state index in [0.717, 1.165) is 24.7 Å². The third-order valence-corrected chi connectivity index (χ3v) is 4.20. The molecular formula is C20H26N4O4. The molecule has 1 aliphatic rings. The molecule has 0 bridgehead atoms. The lowest BCUT2D eigenvalue weighted by molar-refractivity contribution is 0.0946. The van der Waals surface area contributed by atoms with Gasteiger partial charge in [0, 0.05) is 24.7 Å². The first-order valence-corrected chi connectivity index (χ1v) is 9.48. The first kappa shape index (κ1) is 19.9. The fraction of sp³-hybridized carbons (Fsp3) is 0.450. The molecule has 2 aromatic rings. The summed E-state index contributed by atoms with van der Waals surface area (Å²) in [6.45, 7) is 8.03. The molecule has 1 aliphatic heterocycles. The van der Waals surface area contributed by atoms with Gasteiger partial charge in [-0.15, -0.1) is 0 Å². The smallest absolute Gasteiger partial charge is 0.251 e. The summed E-state index contributed by atoms with van der Waals surface area (Å²) in [4.78, 5) is 23.1. The second-order valence-corrected chi connectivity index (χ2v) is 6.27. The van der Waals surface area contributed by atoms with Crippen LogP contribution in [0.15, 0.2) is 30.3 Å². The zero-order valence-corrected chi connectivity index (χ0v) is 16.3. The van der Waals surface area contributed by atoms with E-state index in [4.69, 9.17) is 14.2 Å². The molecule has 8 nitrogen and oxygen atoms in total. The highest BCUT2D eigenvalue weighted by Crippen LogP contribution is 2.18. The van der Waals surface area contributed by atoms with Gasteiger partial charge in [0.15, 0.2) is 0 Å². The lowest BCUT2D eigenvalue weighted by Crippen LogP contribution is -2.37. The number of nitrogens with one attached hydrogen (secondary N) is 1. The van der Waals surface area contributed by atoms with Crippen molar-refractivity contribution in [2.24, 2.45) is 0 Å². The Morgan fingerprint density at radius 2 is 1.93 bits per heavy atom. The van der Waals surface area contributed by atoms with Crippen LogP contribution in [0.5, 0.6) is 11.6 Å². The van der Waals surface area contributed by atoms with Gasteiger partial charge < -0.3 is 24.4 Å². The normalized spacial score (nSPS) is 13.9. The first-order chi connectivity index (χ1) is 13.7. The van der Waals surface area contributed by atoms with Gasteiger partial charge in [0.05, 0.1) is 26.4 Å². The lowest BCUT2D eigenvalue weighted by atomic mass is 10.2. The highest BCUT2D eigenvalue weighted by atomic mass is 16.5. The van der Waals surface area contributed by atoms with Crippen LogP contribution in [0.4, 0.5) is 5.82 Å². The Balaban J connectivity index is 1.48. The van der Waals surface area contributed by atoms with E-state index >= 15 is 0 Å². The Morgan fingerprint density at radius 1 is 1.18 bits per heavy atom. The molecule has 28 heavy (non-hydrogen) atoms. The predicted molar refractivity (Wildman–Crippen MR) is 105 cm³/mol. The van der Waals surface area contributed by atoms with Gasteiger partial charge in [-0.25, -0.2) is 4.98 Å². The zero-order valence-electron chi connectivity index (χ0n) is 16.3. The molecule has 0 unspecified atom stereocenters. The number of benzene rings is 1.